The highest BCUT2D eigenvalue weighted by Gasteiger charge is 2.36. The second-order valence-electron chi connectivity index (χ2n) is 5.35. The van der Waals surface area contributed by atoms with Crippen molar-refractivity contribution in [2.75, 3.05) is 0 Å². The van der Waals surface area contributed by atoms with Crippen molar-refractivity contribution >= 4 is 10.0 Å². The number of sulfonamides is 1. The first-order valence-corrected chi connectivity index (χ1v) is 8.21. The number of hydrogen-bond donors (Lipinski definition) is 1. The van der Waals surface area contributed by atoms with Crippen molar-refractivity contribution in [1.82, 2.24) is 4.72 Å². The van der Waals surface area contributed by atoms with Gasteiger partial charge in [0, 0.05) is 0 Å². The molecule has 0 saturated heterocycles. The highest BCUT2D eigenvalue weighted by molar-refractivity contribution is 7.90. The molecule has 0 radical (unpaired) electrons. The minimum Gasteiger partial charge on any atom is -0.475 e. The zero-order valence-electron chi connectivity index (χ0n) is 11.6. The lowest BCUT2D eigenvalue weighted by Gasteiger charge is -2.17. The first-order chi connectivity index (χ1) is 8.88. The normalized spacial score (nSPS) is 17.5. The van der Waals surface area contributed by atoms with Gasteiger partial charge in [0.1, 0.15) is 5.75 Å². The summed E-state index contributed by atoms with van der Waals surface area (Å²) in [6.07, 6.45) is 0.962. The highest BCUT2D eigenvalue weighted by Crippen LogP contribution is 2.28. The first kappa shape index (κ1) is 14.3. The minimum absolute atomic E-state index is 0.222. The van der Waals surface area contributed by atoms with E-state index in [9.17, 15) is 8.42 Å². The lowest BCUT2D eigenvalue weighted by atomic mass is 10.0. The highest BCUT2D eigenvalue weighted by atomic mass is 32.2. The molecular formula is C14H21NO3S. The largest absolute Gasteiger partial charge is 0.475 e. The molecule has 1 N–H and O–H groups in total. The van der Waals surface area contributed by atoms with E-state index in [1.165, 1.54) is 5.56 Å². The van der Waals surface area contributed by atoms with Crippen molar-refractivity contribution in [2.45, 2.75) is 51.0 Å². The van der Waals surface area contributed by atoms with Crippen molar-refractivity contribution in [2.24, 2.45) is 0 Å². The van der Waals surface area contributed by atoms with Gasteiger partial charge in [-0.2, -0.15) is 4.72 Å². The van der Waals surface area contributed by atoms with Crippen LogP contribution in [-0.4, -0.2) is 19.9 Å². The van der Waals surface area contributed by atoms with E-state index in [1.54, 1.807) is 6.92 Å². The van der Waals surface area contributed by atoms with E-state index in [-0.39, 0.29) is 5.25 Å². The molecule has 1 saturated carbocycles. The molecule has 0 bridgehead atoms. The Morgan fingerprint density at radius 3 is 2.53 bits per heavy atom. The third-order valence-corrected chi connectivity index (χ3v) is 5.14. The van der Waals surface area contributed by atoms with Gasteiger partial charge in [0.05, 0.1) is 5.25 Å². The molecule has 4 nitrogen and oxygen atoms in total. The van der Waals surface area contributed by atoms with Crippen molar-refractivity contribution < 1.29 is 13.2 Å². The van der Waals surface area contributed by atoms with Crippen LogP contribution in [0.5, 0.6) is 5.75 Å². The predicted octanol–water partition coefficient (Wildman–Crippen LogP) is 2.62. The van der Waals surface area contributed by atoms with Crippen LogP contribution in [0.15, 0.2) is 24.3 Å². The van der Waals surface area contributed by atoms with E-state index >= 15 is 0 Å². The summed E-state index contributed by atoms with van der Waals surface area (Å²) >= 11 is 0. The Hall–Kier alpha value is -1.07. The predicted molar refractivity (Wildman–Crippen MR) is 75.7 cm³/mol. The van der Waals surface area contributed by atoms with E-state index < -0.39 is 16.3 Å². The van der Waals surface area contributed by atoms with E-state index in [4.69, 9.17) is 4.74 Å². The third-order valence-electron chi connectivity index (χ3n) is 3.13. The summed E-state index contributed by atoms with van der Waals surface area (Å²) < 4.78 is 31.7. The summed E-state index contributed by atoms with van der Waals surface area (Å²) in [6, 6.07) is 7.75. The van der Waals surface area contributed by atoms with Gasteiger partial charge >= 0.3 is 0 Å². The quantitative estimate of drug-likeness (QED) is 0.817. The molecule has 1 aromatic carbocycles. The molecule has 0 amide bonds. The van der Waals surface area contributed by atoms with Crippen LogP contribution < -0.4 is 9.46 Å². The van der Waals surface area contributed by atoms with Crippen LogP contribution in [0.4, 0.5) is 0 Å². The van der Waals surface area contributed by atoms with E-state index in [0.29, 0.717) is 11.7 Å². The maximum Gasteiger partial charge on any atom is 0.217 e. The van der Waals surface area contributed by atoms with E-state index in [0.717, 1.165) is 12.8 Å². The zero-order valence-corrected chi connectivity index (χ0v) is 12.4. The average Bonchev–Trinajstić information content (AvgIpc) is 3.12. The van der Waals surface area contributed by atoms with Crippen LogP contribution in [0.3, 0.4) is 0 Å². The van der Waals surface area contributed by atoms with Gasteiger partial charge in [0.15, 0.2) is 6.23 Å². The van der Waals surface area contributed by atoms with Crippen molar-refractivity contribution in [3.05, 3.63) is 29.8 Å². The molecule has 1 atom stereocenters. The van der Waals surface area contributed by atoms with E-state index in [1.807, 2.05) is 24.3 Å². The maximum absolute atomic E-state index is 11.8. The summed E-state index contributed by atoms with van der Waals surface area (Å²) in [4.78, 5) is 0. The Kier molecular flexibility index (Phi) is 4.16. The maximum atomic E-state index is 11.8. The van der Waals surface area contributed by atoms with Gasteiger partial charge < -0.3 is 4.74 Å². The van der Waals surface area contributed by atoms with Crippen LogP contribution in [0.1, 0.15) is 45.1 Å². The Bertz CT molecular complexity index is 535. The van der Waals surface area contributed by atoms with Gasteiger partial charge in [-0.15, -0.1) is 0 Å². The zero-order chi connectivity index (χ0) is 14.0. The fourth-order valence-electron chi connectivity index (χ4n) is 1.88. The van der Waals surface area contributed by atoms with Crippen molar-refractivity contribution in [1.29, 1.82) is 0 Å². The molecule has 1 unspecified atom stereocenters. The molecule has 1 aromatic rings. The van der Waals surface area contributed by atoms with Gasteiger partial charge in [-0.1, -0.05) is 26.0 Å². The molecule has 1 aliphatic rings. The molecular weight excluding hydrogens is 262 g/mol. The first-order valence-electron chi connectivity index (χ1n) is 6.66. The lowest BCUT2D eigenvalue weighted by Crippen LogP contribution is -2.38. The number of benzene rings is 1. The molecule has 1 aliphatic carbocycles. The number of nitrogens with one attached hydrogen (secondary N) is 1. The number of ether oxygens (including phenoxy) is 1. The molecule has 0 spiro atoms. The molecule has 5 heteroatoms. The van der Waals surface area contributed by atoms with Crippen LogP contribution in [0, 0.1) is 0 Å². The average molecular weight is 283 g/mol. The summed E-state index contributed by atoms with van der Waals surface area (Å²) in [5, 5.41) is -0.222. The molecule has 106 valence electrons. The summed E-state index contributed by atoms with van der Waals surface area (Å²) in [5.74, 6) is 1.11. The second kappa shape index (κ2) is 5.51. The molecule has 0 aliphatic heterocycles. The SMILES string of the molecule is CC(NS(=O)(=O)C1CC1)Oc1cccc(C(C)C)c1. The molecule has 0 heterocycles. The van der Waals surface area contributed by atoms with Gasteiger partial charge in [-0.25, -0.2) is 8.42 Å². The Balaban J connectivity index is 1.98. The van der Waals surface area contributed by atoms with Crippen LogP contribution in [0.2, 0.25) is 0 Å². The van der Waals surface area contributed by atoms with Crippen LogP contribution >= 0.6 is 0 Å². The van der Waals surface area contributed by atoms with Gasteiger partial charge in [-0.3, -0.25) is 0 Å². The Morgan fingerprint density at radius 1 is 1.26 bits per heavy atom. The topological polar surface area (TPSA) is 55.4 Å². The summed E-state index contributed by atoms with van der Waals surface area (Å²) in [7, 11) is -3.21. The van der Waals surface area contributed by atoms with Gasteiger partial charge in [0.25, 0.3) is 0 Å². The molecule has 19 heavy (non-hydrogen) atoms. The smallest absolute Gasteiger partial charge is 0.217 e. The standard InChI is InChI=1S/C14H21NO3S/c1-10(2)12-5-4-6-13(9-12)18-11(3)15-19(16,17)14-7-8-14/h4-6,9-11,14-15H,7-8H2,1-3H3. The fraction of sp³-hybridized carbons (Fsp3) is 0.571. The monoisotopic (exact) mass is 283 g/mol. The fourth-order valence-corrected chi connectivity index (χ4v) is 3.34. The molecule has 2 rings (SSSR count). The van der Waals surface area contributed by atoms with Gasteiger partial charge in [0.2, 0.25) is 10.0 Å². The lowest BCUT2D eigenvalue weighted by molar-refractivity contribution is 0.210. The Morgan fingerprint density at radius 2 is 1.95 bits per heavy atom. The third kappa shape index (κ3) is 3.94. The van der Waals surface area contributed by atoms with Crippen LogP contribution in [-0.2, 0) is 10.0 Å². The second-order valence-corrected chi connectivity index (χ2v) is 7.34. The van der Waals surface area contributed by atoms with Crippen molar-refractivity contribution in [3.63, 3.8) is 0 Å². The minimum atomic E-state index is -3.21. The van der Waals surface area contributed by atoms with Crippen LogP contribution in [0.25, 0.3) is 0 Å². The Labute approximate surface area is 115 Å². The summed E-state index contributed by atoms with van der Waals surface area (Å²) in [5.41, 5.74) is 1.18. The number of hydrogen-bond acceptors (Lipinski definition) is 3. The molecule has 0 aromatic heterocycles. The van der Waals surface area contributed by atoms with Crippen molar-refractivity contribution in [3.8, 4) is 5.75 Å². The molecule has 1 fully saturated rings. The van der Waals surface area contributed by atoms with E-state index in [2.05, 4.69) is 18.6 Å². The van der Waals surface area contributed by atoms with Gasteiger partial charge in [-0.05, 0) is 43.4 Å². The number of rotatable bonds is 6. The summed E-state index contributed by atoms with van der Waals surface area (Å²) in [6.45, 7) is 5.93.